The van der Waals surface area contributed by atoms with Crippen molar-refractivity contribution < 1.29 is 4.43 Å². The molecule has 0 fully saturated rings. The van der Waals surface area contributed by atoms with Crippen molar-refractivity contribution in [2.75, 3.05) is 6.61 Å². The molecule has 0 N–H and O–H groups in total. The quantitative estimate of drug-likeness (QED) is 0.396. The molecule has 0 aromatic carbocycles. The zero-order valence-corrected chi connectivity index (χ0v) is 12.2. The van der Waals surface area contributed by atoms with Crippen LogP contribution < -0.4 is 0 Å². The van der Waals surface area contributed by atoms with Crippen LogP contribution in [0.3, 0.4) is 0 Å². The highest BCUT2D eigenvalue weighted by molar-refractivity contribution is 6.74. The van der Waals surface area contributed by atoms with Gasteiger partial charge in [-0.1, -0.05) is 40.0 Å². The van der Waals surface area contributed by atoms with Crippen molar-refractivity contribution in [3.8, 4) is 11.8 Å². The fraction of sp³-hybridized carbons (Fsp3) is 0.846. The van der Waals surface area contributed by atoms with Crippen LogP contribution >= 0.6 is 0 Å². The maximum absolute atomic E-state index is 5.94. The molecule has 0 saturated carbocycles. The van der Waals surface area contributed by atoms with Gasteiger partial charge in [-0.15, -0.1) is 5.92 Å². The summed E-state index contributed by atoms with van der Waals surface area (Å²) in [5.41, 5.74) is 0. The average molecular weight is 226 g/mol. The first kappa shape index (κ1) is 14.7. The lowest BCUT2D eigenvalue weighted by Gasteiger charge is -2.35. The van der Waals surface area contributed by atoms with Gasteiger partial charge in [-0.3, -0.25) is 0 Å². The standard InChI is InChI=1S/C13H26OSi/c1-7-8-9-10-11-12-14-15(5,6)13(2,3)4/h7-9,12H2,1-6H3. The van der Waals surface area contributed by atoms with Crippen molar-refractivity contribution in [3.05, 3.63) is 0 Å². The second kappa shape index (κ2) is 6.35. The topological polar surface area (TPSA) is 9.23 Å². The lowest BCUT2D eigenvalue weighted by molar-refractivity contribution is 0.334. The molecular formula is C13H26OSi. The highest BCUT2D eigenvalue weighted by Gasteiger charge is 2.36. The summed E-state index contributed by atoms with van der Waals surface area (Å²) in [7, 11) is -1.58. The first-order valence-corrected chi connectivity index (χ1v) is 8.82. The first-order chi connectivity index (χ1) is 6.81. The summed E-state index contributed by atoms with van der Waals surface area (Å²) in [6.07, 6.45) is 3.43. The molecule has 0 spiro atoms. The number of rotatable bonds is 4. The Morgan fingerprint density at radius 1 is 1.13 bits per heavy atom. The monoisotopic (exact) mass is 226 g/mol. The minimum absolute atomic E-state index is 0.290. The van der Waals surface area contributed by atoms with E-state index >= 15 is 0 Å². The Bertz CT molecular complexity index is 227. The largest absolute Gasteiger partial charge is 0.406 e. The molecule has 0 unspecified atom stereocenters. The minimum atomic E-state index is -1.58. The fourth-order valence-corrected chi connectivity index (χ4v) is 1.70. The molecule has 0 aromatic rings. The van der Waals surface area contributed by atoms with Crippen LogP contribution in [0.2, 0.25) is 18.1 Å². The van der Waals surface area contributed by atoms with Gasteiger partial charge in [0.05, 0.1) is 6.61 Å². The smallest absolute Gasteiger partial charge is 0.193 e. The molecule has 0 aliphatic carbocycles. The van der Waals surface area contributed by atoms with E-state index in [1.807, 2.05) is 0 Å². The number of hydrogen-bond donors (Lipinski definition) is 0. The van der Waals surface area contributed by atoms with Crippen LogP contribution in [-0.4, -0.2) is 14.9 Å². The van der Waals surface area contributed by atoms with Gasteiger partial charge in [-0.25, -0.2) is 0 Å². The molecule has 0 heterocycles. The first-order valence-electron chi connectivity index (χ1n) is 5.91. The van der Waals surface area contributed by atoms with Gasteiger partial charge in [0.15, 0.2) is 8.32 Å². The van der Waals surface area contributed by atoms with Crippen molar-refractivity contribution in [1.82, 2.24) is 0 Å². The zero-order chi connectivity index (χ0) is 11.9. The molecule has 2 heteroatoms. The third-order valence-corrected chi connectivity index (χ3v) is 7.57. The Labute approximate surface area is 96.7 Å². The van der Waals surface area contributed by atoms with Gasteiger partial charge in [-0.05, 0) is 24.6 Å². The predicted molar refractivity (Wildman–Crippen MR) is 70.5 cm³/mol. The Morgan fingerprint density at radius 2 is 1.73 bits per heavy atom. The van der Waals surface area contributed by atoms with Gasteiger partial charge in [0.2, 0.25) is 0 Å². The molecule has 0 aromatic heterocycles. The second-order valence-electron chi connectivity index (χ2n) is 5.51. The van der Waals surface area contributed by atoms with Crippen LogP contribution in [0, 0.1) is 11.8 Å². The summed E-state index contributed by atoms with van der Waals surface area (Å²) in [5.74, 6) is 6.27. The van der Waals surface area contributed by atoms with Crippen LogP contribution in [0.1, 0.15) is 47.0 Å². The number of unbranched alkanes of at least 4 members (excludes halogenated alkanes) is 2. The van der Waals surface area contributed by atoms with Crippen LogP contribution in [0.5, 0.6) is 0 Å². The van der Waals surface area contributed by atoms with Gasteiger partial charge >= 0.3 is 0 Å². The van der Waals surface area contributed by atoms with Crippen molar-refractivity contribution >= 4 is 8.32 Å². The van der Waals surface area contributed by atoms with Crippen molar-refractivity contribution in [3.63, 3.8) is 0 Å². The second-order valence-corrected chi connectivity index (χ2v) is 10.3. The predicted octanol–water partition coefficient (Wildman–Crippen LogP) is 4.20. The Morgan fingerprint density at radius 3 is 2.20 bits per heavy atom. The van der Waals surface area contributed by atoms with Gasteiger partial charge in [0.25, 0.3) is 0 Å². The zero-order valence-electron chi connectivity index (χ0n) is 11.2. The summed E-state index contributed by atoms with van der Waals surface area (Å²) >= 11 is 0. The SMILES string of the molecule is CCCCC#CCO[Si](C)(C)C(C)(C)C. The molecule has 0 saturated heterocycles. The van der Waals surface area contributed by atoms with Crippen LogP contribution in [-0.2, 0) is 4.43 Å². The molecule has 0 aliphatic rings. The molecular weight excluding hydrogens is 200 g/mol. The lowest BCUT2D eigenvalue weighted by Crippen LogP contribution is -2.40. The molecule has 0 radical (unpaired) electrons. The Balaban J connectivity index is 3.88. The Hall–Kier alpha value is -0.263. The lowest BCUT2D eigenvalue weighted by atomic mass is 10.2. The summed E-state index contributed by atoms with van der Waals surface area (Å²) in [4.78, 5) is 0. The molecule has 0 rings (SSSR count). The van der Waals surface area contributed by atoms with Crippen molar-refractivity contribution in [1.29, 1.82) is 0 Å². The van der Waals surface area contributed by atoms with E-state index in [1.165, 1.54) is 12.8 Å². The van der Waals surface area contributed by atoms with Gasteiger partial charge in [0.1, 0.15) is 0 Å². The van der Waals surface area contributed by atoms with Gasteiger partial charge < -0.3 is 4.43 Å². The molecule has 15 heavy (non-hydrogen) atoms. The molecule has 0 bridgehead atoms. The van der Waals surface area contributed by atoms with Gasteiger partial charge in [-0.2, -0.15) is 0 Å². The summed E-state index contributed by atoms with van der Waals surface area (Å²) in [5, 5.41) is 0.290. The molecule has 1 nitrogen and oxygen atoms in total. The normalized spacial score (nSPS) is 12.1. The fourth-order valence-electron chi connectivity index (χ4n) is 0.838. The molecule has 0 atom stereocenters. The summed E-state index contributed by atoms with van der Waals surface area (Å²) < 4.78 is 5.94. The van der Waals surface area contributed by atoms with E-state index in [9.17, 15) is 0 Å². The maximum atomic E-state index is 5.94. The van der Waals surface area contributed by atoms with Crippen LogP contribution in [0.25, 0.3) is 0 Å². The molecule has 0 aliphatic heterocycles. The van der Waals surface area contributed by atoms with Gasteiger partial charge in [0, 0.05) is 6.42 Å². The van der Waals surface area contributed by atoms with E-state index in [-0.39, 0.29) is 5.04 Å². The van der Waals surface area contributed by atoms with Crippen molar-refractivity contribution in [2.45, 2.75) is 65.1 Å². The van der Waals surface area contributed by atoms with E-state index < -0.39 is 8.32 Å². The van der Waals surface area contributed by atoms with Crippen LogP contribution in [0.15, 0.2) is 0 Å². The molecule has 0 amide bonds. The average Bonchev–Trinajstić information content (AvgIpc) is 2.09. The highest BCUT2D eigenvalue weighted by Crippen LogP contribution is 2.36. The van der Waals surface area contributed by atoms with E-state index in [1.54, 1.807) is 0 Å². The van der Waals surface area contributed by atoms with Crippen molar-refractivity contribution in [2.24, 2.45) is 0 Å². The molecule has 88 valence electrons. The van der Waals surface area contributed by atoms with E-state index in [0.717, 1.165) is 6.42 Å². The minimum Gasteiger partial charge on any atom is -0.406 e. The Kier molecular flexibility index (Phi) is 6.24. The maximum Gasteiger partial charge on any atom is 0.193 e. The van der Waals surface area contributed by atoms with Crippen LogP contribution in [0.4, 0.5) is 0 Å². The van der Waals surface area contributed by atoms with E-state index in [4.69, 9.17) is 4.43 Å². The van der Waals surface area contributed by atoms with E-state index in [0.29, 0.717) is 6.61 Å². The van der Waals surface area contributed by atoms with E-state index in [2.05, 4.69) is 52.6 Å². The third-order valence-electron chi connectivity index (χ3n) is 3.09. The summed E-state index contributed by atoms with van der Waals surface area (Å²) in [6, 6.07) is 0. The third kappa shape index (κ3) is 6.02. The number of hydrogen-bond acceptors (Lipinski definition) is 1. The summed E-state index contributed by atoms with van der Waals surface area (Å²) in [6.45, 7) is 14.1. The highest BCUT2D eigenvalue weighted by atomic mass is 28.4.